The van der Waals surface area contributed by atoms with Gasteiger partial charge in [0.1, 0.15) is 13.2 Å². The van der Waals surface area contributed by atoms with Crippen LogP contribution < -0.4 is 0 Å². The van der Waals surface area contributed by atoms with Gasteiger partial charge in [0.2, 0.25) is 0 Å². The molecule has 0 spiro atoms. The van der Waals surface area contributed by atoms with Crippen LogP contribution in [0.25, 0.3) is 0 Å². The Morgan fingerprint density at radius 3 is 0.910 bits per heavy atom. The van der Waals surface area contributed by atoms with E-state index in [1.165, 1.54) is 173 Å². The van der Waals surface area contributed by atoms with E-state index >= 15 is 0 Å². The van der Waals surface area contributed by atoms with Gasteiger partial charge in [-0.15, -0.1) is 0 Å². The zero-order chi connectivity index (χ0) is 48.6. The second-order valence-corrected chi connectivity index (χ2v) is 19.5. The zero-order valence-corrected chi connectivity index (χ0v) is 44.7. The van der Waals surface area contributed by atoms with E-state index in [0.717, 1.165) is 89.9 Å². The highest BCUT2D eigenvalue weighted by Gasteiger charge is 2.19. The molecule has 0 aliphatic carbocycles. The monoisotopic (exact) mass is 939 g/mol. The van der Waals surface area contributed by atoms with Crippen LogP contribution in [0.1, 0.15) is 303 Å². The first kappa shape index (κ1) is 64.4. The molecule has 1 atom stereocenters. The molecule has 0 aliphatic rings. The molecule has 0 bridgehead atoms. The van der Waals surface area contributed by atoms with E-state index in [-0.39, 0.29) is 31.1 Å². The van der Waals surface area contributed by atoms with Crippen molar-refractivity contribution in [2.75, 3.05) is 13.2 Å². The van der Waals surface area contributed by atoms with Gasteiger partial charge < -0.3 is 14.2 Å². The van der Waals surface area contributed by atoms with E-state index in [4.69, 9.17) is 14.2 Å². The second-order valence-electron chi connectivity index (χ2n) is 19.5. The molecule has 0 fully saturated rings. The average molecular weight is 940 g/mol. The standard InChI is InChI=1S/C61H110O6/c1-4-7-10-13-16-19-22-24-26-28-30-31-32-34-35-37-39-42-45-48-51-54-60(63)66-57-58(56-65-59(62)53-50-47-44-41-21-18-15-12-9-6-3)67-61(64)55-52-49-46-43-40-38-36-33-29-27-25-23-20-17-14-11-8-5-2/h7,10,16,19,24,26,30-31,58H,4-6,8-9,11-15,17-18,20-23,25,27-29,32-57H2,1-3H3/b10-7-,19-16-,26-24-,31-30-. The molecule has 0 rings (SSSR count). The summed E-state index contributed by atoms with van der Waals surface area (Å²) in [6, 6.07) is 0. The highest BCUT2D eigenvalue weighted by Crippen LogP contribution is 2.17. The van der Waals surface area contributed by atoms with Gasteiger partial charge in [-0.05, 0) is 57.8 Å². The largest absolute Gasteiger partial charge is 0.462 e. The molecule has 6 nitrogen and oxygen atoms in total. The fourth-order valence-electron chi connectivity index (χ4n) is 8.49. The summed E-state index contributed by atoms with van der Waals surface area (Å²) in [6.07, 6.45) is 68.2. The summed E-state index contributed by atoms with van der Waals surface area (Å²) in [5.74, 6) is -0.864. The maximum atomic E-state index is 12.8. The van der Waals surface area contributed by atoms with E-state index in [9.17, 15) is 14.4 Å². The summed E-state index contributed by atoms with van der Waals surface area (Å²) in [4.78, 5) is 38.1. The lowest BCUT2D eigenvalue weighted by atomic mass is 10.0. The number of carbonyl (C=O) groups is 3. The smallest absolute Gasteiger partial charge is 0.306 e. The Labute approximate surface area is 416 Å². The molecule has 0 saturated carbocycles. The molecule has 0 heterocycles. The van der Waals surface area contributed by atoms with Crippen LogP contribution in [0.4, 0.5) is 0 Å². The number of unbranched alkanes of at least 4 members (excludes halogenated alkanes) is 34. The minimum absolute atomic E-state index is 0.0712. The normalized spacial score (nSPS) is 12.3. The summed E-state index contributed by atoms with van der Waals surface area (Å²) >= 11 is 0. The minimum atomic E-state index is -0.772. The van der Waals surface area contributed by atoms with Crippen LogP contribution in [0.5, 0.6) is 0 Å². The van der Waals surface area contributed by atoms with E-state index < -0.39 is 6.10 Å². The predicted octanol–water partition coefficient (Wildman–Crippen LogP) is 19.4. The molecule has 67 heavy (non-hydrogen) atoms. The van der Waals surface area contributed by atoms with Crippen molar-refractivity contribution in [3.63, 3.8) is 0 Å². The van der Waals surface area contributed by atoms with Crippen molar-refractivity contribution < 1.29 is 28.6 Å². The van der Waals surface area contributed by atoms with E-state index in [2.05, 4.69) is 69.4 Å². The highest BCUT2D eigenvalue weighted by molar-refractivity contribution is 5.71. The Morgan fingerprint density at radius 2 is 0.582 bits per heavy atom. The SMILES string of the molecule is CC/C=C\C/C=C\C/C=C\C/C=C\CCCCCCCCCCC(=O)OCC(COC(=O)CCCCCCCCCCCC)OC(=O)CCCCCCCCCCCCCCCCCCCC. The van der Waals surface area contributed by atoms with Gasteiger partial charge in [-0.25, -0.2) is 0 Å². The summed E-state index contributed by atoms with van der Waals surface area (Å²) in [5.41, 5.74) is 0. The molecule has 0 aromatic carbocycles. The average Bonchev–Trinajstić information content (AvgIpc) is 3.33. The quantitative estimate of drug-likeness (QED) is 0.0262. The molecular weight excluding hydrogens is 829 g/mol. The van der Waals surface area contributed by atoms with Gasteiger partial charge in [-0.1, -0.05) is 275 Å². The van der Waals surface area contributed by atoms with Gasteiger partial charge in [0, 0.05) is 19.3 Å². The third-order valence-corrected chi connectivity index (χ3v) is 12.8. The van der Waals surface area contributed by atoms with Crippen LogP contribution in [0.2, 0.25) is 0 Å². The molecule has 0 aromatic rings. The summed E-state index contributed by atoms with van der Waals surface area (Å²) in [7, 11) is 0. The number of rotatable bonds is 53. The molecule has 6 heteroatoms. The third-order valence-electron chi connectivity index (χ3n) is 12.8. The predicted molar refractivity (Wildman–Crippen MR) is 289 cm³/mol. The molecule has 0 N–H and O–H groups in total. The summed E-state index contributed by atoms with van der Waals surface area (Å²) in [5, 5.41) is 0. The molecule has 0 aromatic heterocycles. The van der Waals surface area contributed by atoms with Crippen LogP contribution in [-0.2, 0) is 28.6 Å². The molecule has 0 amide bonds. The minimum Gasteiger partial charge on any atom is -0.462 e. The number of allylic oxidation sites excluding steroid dienone is 8. The Hall–Kier alpha value is -2.63. The molecule has 0 saturated heterocycles. The number of hydrogen-bond donors (Lipinski definition) is 0. The van der Waals surface area contributed by atoms with Crippen LogP contribution >= 0.6 is 0 Å². The Kier molecular flexibility index (Phi) is 53.8. The first-order chi connectivity index (χ1) is 33.0. The van der Waals surface area contributed by atoms with Crippen LogP contribution in [0.3, 0.4) is 0 Å². The lowest BCUT2D eigenvalue weighted by molar-refractivity contribution is -0.167. The fraction of sp³-hybridized carbons (Fsp3) is 0.820. The van der Waals surface area contributed by atoms with Crippen LogP contribution in [-0.4, -0.2) is 37.2 Å². The Balaban J connectivity index is 4.28. The summed E-state index contributed by atoms with van der Waals surface area (Å²) < 4.78 is 16.9. The van der Waals surface area contributed by atoms with Gasteiger partial charge in [0.15, 0.2) is 6.10 Å². The number of esters is 3. The van der Waals surface area contributed by atoms with Gasteiger partial charge in [-0.2, -0.15) is 0 Å². The van der Waals surface area contributed by atoms with Gasteiger partial charge in [0.25, 0.3) is 0 Å². The van der Waals surface area contributed by atoms with E-state index in [1.807, 2.05) is 0 Å². The van der Waals surface area contributed by atoms with Crippen molar-refractivity contribution >= 4 is 17.9 Å². The van der Waals surface area contributed by atoms with Crippen molar-refractivity contribution in [1.82, 2.24) is 0 Å². The maximum absolute atomic E-state index is 12.8. The maximum Gasteiger partial charge on any atom is 0.306 e. The van der Waals surface area contributed by atoms with Crippen molar-refractivity contribution in [2.45, 2.75) is 309 Å². The van der Waals surface area contributed by atoms with Crippen molar-refractivity contribution in [2.24, 2.45) is 0 Å². The molecule has 390 valence electrons. The Morgan fingerprint density at radius 1 is 0.313 bits per heavy atom. The zero-order valence-electron chi connectivity index (χ0n) is 44.7. The Bertz CT molecular complexity index is 1170. The number of hydrogen-bond acceptors (Lipinski definition) is 6. The molecule has 0 aliphatic heterocycles. The molecular formula is C61H110O6. The molecule has 1 unspecified atom stereocenters. The second kappa shape index (κ2) is 56.0. The fourth-order valence-corrected chi connectivity index (χ4v) is 8.49. The van der Waals surface area contributed by atoms with E-state index in [0.29, 0.717) is 19.3 Å². The van der Waals surface area contributed by atoms with Crippen molar-refractivity contribution in [3.8, 4) is 0 Å². The topological polar surface area (TPSA) is 78.9 Å². The molecule has 0 radical (unpaired) electrons. The van der Waals surface area contributed by atoms with Crippen LogP contribution in [0.15, 0.2) is 48.6 Å². The van der Waals surface area contributed by atoms with Gasteiger partial charge >= 0.3 is 17.9 Å². The van der Waals surface area contributed by atoms with Gasteiger partial charge in [0.05, 0.1) is 0 Å². The van der Waals surface area contributed by atoms with Crippen LogP contribution in [0, 0.1) is 0 Å². The highest BCUT2D eigenvalue weighted by atomic mass is 16.6. The van der Waals surface area contributed by atoms with E-state index in [1.54, 1.807) is 0 Å². The summed E-state index contributed by atoms with van der Waals surface area (Å²) in [6.45, 7) is 6.55. The van der Waals surface area contributed by atoms with Crippen molar-refractivity contribution in [3.05, 3.63) is 48.6 Å². The number of carbonyl (C=O) groups excluding carboxylic acids is 3. The lowest BCUT2D eigenvalue weighted by Gasteiger charge is -2.18. The van der Waals surface area contributed by atoms with Gasteiger partial charge in [-0.3, -0.25) is 14.4 Å². The third kappa shape index (κ3) is 54.2. The first-order valence-electron chi connectivity index (χ1n) is 29.1. The number of ether oxygens (including phenoxy) is 3. The van der Waals surface area contributed by atoms with Crippen molar-refractivity contribution in [1.29, 1.82) is 0 Å². The lowest BCUT2D eigenvalue weighted by Crippen LogP contribution is -2.30. The first-order valence-corrected chi connectivity index (χ1v) is 29.1.